The molecule has 0 heterocycles. The number of para-hydroxylation sites is 1. The second-order valence-corrected chi connectivity index (χ2v) is 4.59. The van der Waals surface area contributed by atoms with Gasteiger partial charge < -0.3 is 15.2 Å². The van der Waals surface area contributed by atoms with Gasteiger partial charge in [0.2, 0.25) is 6.10 Å². The van der Waals surface area contributed by atoms with Crippen LogP contribution in [0.5, 0.6) is 5.75 Å². The minimum atomic E-state index is -0.702. The second-order valence-electron chi connectivity index (χ2n) is 4.59. The molecule has 1 amide bonds. The number of aliphatic hydroxyl groups is 1. The number of hydrogen-bond donors (Lipinski definition) is 2. The zero-order valence-electron chi connectivity index (χ0n) is 11.7. The lowest BCUT2D eigenvalue weighted by Gasteiger charge is -2.19. The summed E-state index contributed by atoms with van der Waals surface area (Å²) in [6.45, 7) is 0.479. The highest BCUT2D eigenvalue weighted by Gasteiger charge is 2.22. The van der Waals surface area contributed by atoms with Gasteiger partial charge in [0.1, 0.15) is 5.75 Å². The largest absolute Gasteiger partial charge is 0.476 e. The number of carbonyl (C=O) groups excluding carboxylic acids is 1. The van der Waals surface area contributed by atoms with E-state index >= 15 is 0 Å². The van der Waals surface area contributed by atoms with Gasteiger partial charge in [0.25, 0.3) is 5.91 Å². The molecule has 0 aliphatic carbocycles. The Hall–Kier alpha value is -2.33. The number of amides is 1. The third-order valence-corrected chi connectivity index (χ3v) is 2.97. The molecule has 4 nitrogen and oxygen atoms in total. The number of benzene rings is 2. The average molecular weight is 285 g/mol. The highest BCUT2D eigenvalue weighted by atomic mass is 16.5. The van der Waals surface area contributed by atoms with E-state index in [1.807, 2.05) is 60.7 Å². The Morgan fingerprint density at radius 1 is 1.05 bits per heavy atom. The summed E-state index contributed by atoms with van der Waals surface area (Å²) in [6, 6.07) is 18.6. The van der Waals surface area contributed by atoms with E-state index in [1.54, 1.807) is 0 Å². The standard InChI is InChI=1S/C17H19NO3/c19-13-7-12-18-17(20)16(14-8-3-1-4-9-14)21-15-10-5-2-6-11-15/h1-6,8-11,16,19H,7,12-13H2,(H,18,20). The second kappa shape index (κ2) is 8.07. The summed E-state index contributed by atoms with van der Waals surface area (Å²) < 4.78 is 5.82. The minimum Gasteiger partial charge on any atom is -0.476 e. The SMILES string of the molecule is O=C(NCCCO)C(Oc1ccccc1)c1ccccc1. The van der Waals surface area contributed by atoms with Gasteiger partial charge >= 0.3 is 0 Å². The summed E-state index contributed by atoms with van der Waals surface area (Å²) in [5, 5.41) is 11.6. The van der Waals surface area contributed by atoms with Crippen molar-refractivity contribution in [1.82, 2.24) is 5.32 Å². The summed E-state index contributed by atoms with van der Waals surface area (Å²) in [6.07, 6.45) is -0.175. The third kappa shape index (κ3) is 4.61. The van der Waals surface area contributed by atoms with Crippen molar-refractivity contribution in [3.63, 3.8) is 0 Å². The van der Waals surface area contributed by atoms with Gasteiger partial charge in [-0.2, -0.15) is 0 Å². The van der Waals surface area contributed by atoms with E-state index in [2.05, 4.69) is 5.32 Å². The molecule has 0 saturated carbocycles. The Kier molecular flexibility index (Phi) is 5.79. The molecule has 0 bridgehead atoms. The molecule has 2 N–H and O–H groups in total. The van der Waals surface area contributed by atoms with Crippen LogP contribution in [0.4, 0.5) is 0 Å². The van der Waals surface area contributed by atoms with Crippen molar-refractivity contribution >= 4 is 5.91 Å². The van der Waals surface area contributed by atoms with Crippen LogP contribution in [-0.2, 0) is 4.79 Å². The Bertz CT molecular complexity index is 542. The highest BCUT2D eigenvalue weighted by Crippen LogP contribution is 2.21. The van der Waals surface area contributed by atoms with E-state index in [4.69, 9.17) is 9.84 Å². The fourth-order valence-electron chi connectivity index (χ4n) is 1.92. The average Bonchev–Trinajstić information content (AvgIpc) is 2.54. The zero-order chi connectivity index (χ0) is 14.9. The highest BCUT2D eigenvalue weighted by molar-refractivity contribution is 5.82. The molecule has 0 saturated heterocycles. The van der Waals surface area contributed by atoms with Crippen LogP contribution in [0.2, 0.25) is 0 Å². The van der Waals surface area contributed by atoms with Gasteiger partial charge in [0.05, 0.1) is 0 Å². The van der Waals surface area contributed by atoms with Crippen LogP contribution >= 0.6 is 0 Å². The van der Waals surface area contributed by atoms with Crippen molar-refractivity contribution in [2.24, 2.45) is 0 Å². The zero-order valence-corrected chi connectivity index (χ0v) is 11.7. The van der Waals surface area contributed by atoms with Gasteiger partial charge in [-0.3, -0.25) is 4.79 Å². The van der Waals surface area contributed by atoms with Gasteiger partial charge in [0, 0.05) is 18.7 Å². The topological polar surface area (TPSA) is 58.6 Å². The van der Waals surface area contributed by atoms with Crippen LogP contribution < -0.4 is 10.1 Å². The van der Waals surface area contributed by atoms with E-state index in [0.717, 1.165) is 5.56 Å². The van der Waals surface area contributed by atoms with E-state index in [1.165, 1.54) is 0 Å². The molecule has 2 aromatic carbocycles. The van der Waals surface area contributed by atoms with Crippen LogP contribution in [0.25, 0.3) is 0 Å². The summed E-state index contributed by atoms with van der Waals surface area (Å²) in [5.41, 5.74) is 0.794. The van der Waals surface area contributed by atoms with Crippen LogP contribution in [-0.4, -0.2) is 24.2 Å². The summed E-state index contributed by atoms with van der Waals surface area (Å²) in [7, 11) is 0. The molecule has 4 heteroatoms. The first-order chi connectivity index (χ1) is 10.3. The van der Waals surface area contributed by atoms with Gasteiger partial charge in [-0.25, -0.2) is 0 Å². The predicted octanol–water partition coefficient (Wildman–Crippen LogP) is 2.31. The first-order valence-electron chi connectivity index (χ1n) is 6.96. The summed E-state index contributed by atoms with van der Waals surface area (Å²) >= 11 is 0. The van der Waals surface area contributed by atoms with Gasteiger partial charge in [0.15, 0.2) is 0 Å². The summed E-state index contributed by atoms with van der Waals surface area (Å²) in [4.78, 5) is 12.3. The lowest BCUT2D eigenvalue weighted by molar-refractivity contribution is -0.128. The number of hydrogen-bond acceptors (Lipinski definition) is 3. The molecule has 0 spiro atoms. The number of rotatable bonds is 7. The van der Waals surface area contributed by atoms with Crippen molar-refractivity contribution in [1.29, 1.82) is 0 Å². The van der Waals surface area contributed by atoms with E-state index in [9.17, 15) is 4.79 Å². The lowest BCUT2D eigenvalue weighted by atomic mass is 10.1. The fraction of sp³-hybridized carbons (Fsp3) is 0.235. The fourth-order valence-corrected chi connectivity index (χ4v) is 1.92. The predicted molar refractivity (Wildman–Crippen MR) is 81.0 cm³/mol. The normalized spacial score (nSPS) is 11.7. The maximum Gasteiger partial charge on any atom is 0.265 e. The molecular weight excluding hydrogens is 266 g/mol. The molecule has 110 valence electrons. The molecule has 0 aliphatic heterocycles. The van der Waals surface area contributed by atoms with E-state index < -0.39 is 6.10 Å². The molecule has 2 aromatic rings. The third-order valence-electron chi connectivity index (χ3n) is 2.97. The van der Waals surface area contributed by atoms with Gasteiger partial charge in [-0.15, -0.1) is 0 Å². The first kappa shape index (κ1) is 15.1. The molecule has 0 radical (unpaired) electrons. The number of nitrogens with one attached hydrogen (secondary N) is 1. The Labute approximate surface area is 124 Å². The van der Waals surface area contributed by atoms with Gasteiger partial charge in [-0.05, 0) is 18.6 Å². The van der Waals surface area contributed by atoms with Crippen LogP contribution in [0.15, 0.2) is 60.7 Å². The minimum absolute atomic E-state index is 0.0514. The van der Waals surface area contributed by atoms with Crippen LogP contribution in [0.1, 0.15) is 18.1 Å². The molecule has 21 heavy (non-hydrogen) atoms. The molecule has 1 unspecified atom stereocenters. The Balaban J connectivity index is 2.12. The van der Waals surface area contributed by atoms with E-state index in [0.29, 0.717) is 18.7 Å². The van der Waals surface area contributed by atoms with Crippen molar-refractivity contribution in [2.75, 3.05) is 13.2 Å². The van der Waals surface area contributed by atoms with Crippen LogP contribution in [0, 0.1) is 0 Å². The smallest absolute Gasteiger partial charge is 0.265 e. The quantitative estimate of drug-likeness (QED) is 0.767. The molecule has 0 aliphatic rings. The lowest BCUT2D eigenvalue weighted by Crippen LogP contribution is -2.33. The van der Waals surface area contributed by atoms with Crippen molar-refractivity contribution < 1.29 is 14.6 Å². The summed E-state index contributed by atoms with van der Waals surface area (Å²) in [5.74, 6) is 0.433. The monoisotopic (exact) mass is 285 g/mol. The number of ether oxygens (including phenoxy) is 1. The molecule has 1 atom stereocenters. The van der Waals surface area contributed by atoms with Crippen molar-refractivity contribution in [3.05, 3.63) is 66.2 Å². The van der Waals surface area contributed by atoms with E-state index in [-0.39, 0.29) is 12.5 Å². The number of carbonyl (C=O) groups is 1. The Morgan fingerprint density at radius 2 is 1.67 bits per heavy atom. The maximum absolute atomic E-state index is 12.3. The molecule has 2 rings (SSSR count). The maximum atomic E-state index is 12.3. The van der Waals surface area contributed by atoms with Crippen molar-refractivity contribution in [3.8, 4) is 5.75 Å². The molecule has 0 aromatic heterocycles. The first-order valence-corrected chi connectivity index (χ1v) is 6.96. The molecular formula is C17H19NO3. The molecule has 0 fully saturated rings. The number of aliphatic hydroxyl groups excluding tert-OH is 1. The Morgan fingerprint density at radius 3 is 2.29 bits per heavy atom. The van der Waals surface area contributed by atoms with Crippen molar-refractivity contribution in [2.45, 2.75) is 12.5 Å². The van der Waals surface area contributed by atoms with Gasteiger partial charge in [-0.1, -0.05) is 48.5 Å². The van der Waals surface area contributed by atoms with Crippen LogP contribution in [0.3, 0.4) is 0 Å².